The van der Waals surface area contributed by atoms with E-state index >= 15 is 0 Å². The first kappa shape index (κ1) is 22.0. The summed E-state index contributed by atoms with van der Waals surface area (Å²) in [4.78, 5) is 14.6. The van der Waals surface area contributed by atoms with Crippen LogP contribution in [0.5, 0.6) is 0 Å². The Balaban J connectivity index is 1.88. The average Bonchev–Trinajstić information content (AvgIpc) is 3.16. The van der Waals surface area contributed by atoms with Crippen LogP contribution in [-0.4, -0.2) is 24.1 Å². The minimum Gasteiger partial charge on any atom is -0.424 e. The van der Waals surface area contributed by atoms with Gasteiger partial charge in [-0.15, -0.1) is 0 Å². The second-order valence-electron chi connectivity index (χ2n) is 6.17. The lowest BCUT2D eigenvalue weighted by molar-refractivity contribution is -0.384. The molecule has 1 aromatic heterocycles. The second-order valence-corrected chi connectivity index (χ2v) is 8.72. The number of nitrogens with zero attached hydrogens (tertiary/aromatic N) is 2. The van der Waals surface area contributed by atoms with E-state index in [0.29, 0.717) is 11.6 Å². The number of aromatic nitrogens is 1. The van der Waals surface area contributed by atoms with E-state index in [0.717, 1.165) is 11.1 Å². The number of halogens is 1. The monoisotopic (exact) mass is 451 g/mol. The van der Waals surface area contributed by atoms with Gasteiger partial charge in [0, 0.05) is 44.3 Å². The van der Waals surface area contributed by atoms with Crippen LogP contribution in [0.3, 0.4) is 0 Å². The van der Waals surface area contributed by atoms with Gasteiger partial charge in [-0.2, -0.15) is 0 Å². The highest BCUT2D eigenvalue weighted by atomic mass is 35.5. The molecule has 0 fully saturated rings. The van der Waals surface area contributed by atoms with E-state index in [1.807, 2.05) is 18.2 Å². The molecule has 9 nitrogen and oxygen atoms in total. The van der Waals surface area contributed by atoms with Crippen molar-refractivity contribution in [3.63, 3.8) is 0 Å². The fraction of sp³-hybridized carbons (Fsp3) is 0.211. The van der Waals surface area contributed by atoms with Crippen LogP contribution in [0.1, 0.15) is 17.0 Å². The van der Waals surface area contributed by atoms with Crippen molar-refractivity contribution < 1.29 is 23.0 Å². The molecule has 3 rings (SSSR count). The molecule has 11 heteroatoms. The highest BCUT2D eigenvalue weighted by molar-refractivity contribution is 7.62. The van der Waals surface area contributed by atoms with E-state index in [2.05, 4.69) is 10.3 Å². The topological polar surface area (TPSA) is 117 Å². The van der Waals surface area contributed by atoms with Crippen LogP contribution in [0.4, 0.5) is 11.6 Å². The number of nitrogens with one attached hydrogen (secondary N) is 1. The van der Waals surface area contributed by atoms with Gasteiger partial charge in [-0.1, -0.05) is 41.9 Å². The maximum absolute atomic E-state index is 12.9. The first-order valence-corrected chi connectivity index (χ1v) is 10.7. The Morgan fingerprint density at radius 1 is 1.17 bits per heavy atom. The van der Waals surface area contributed by atoms with Crippen LogP contribution in [0, 0.1) is 10.1 Å². The SMILES string of the molecule is COP(=O)(OC)c1nc(Cc2ccc([N+](=O)[O-])cc2)oc1NCc1ccccc1Cl. The zero-order valence-electron chi connectivity index (χ0n) is 16.2. The van der Waals surface area contributed by atoms with Gasteiger partial charge in [0.05, 0.1) is 4.92 Å². The molecular weight excluding hydrogens is 433 g/mol. The molecule has 158 valence electrons. The van der Waals surface area contributed by atoms with E-state index in [9.17, 15) is 14.7 Å². The molecule has 0 unspecified atom stereocenters. The number of hydrogen-bond donors (Lipinski definition) is 1. The smallest absolute Gasteiger partial charge is 0.384 e. The van der Waals surface area contributed by atoms with Crippen LogP contribution in [0.2, 0.25) is 5.02 Å². The van der Waals surface area contributed by atoms with Gasteiger partial charge < -0.3 is 18.8 Å². The van der Waals surface area contributed by atoms with E-state index in [4.69, 9.17) is 25.1 Å². The molecule has 0 bridgehead atoms. The van der Waals surface area contributed by atoms with Crippen LogP contribution in [0.15, 0.2) is 52.9 Å². The Labute approximate surface area is 177 Å². The van der Waals surface area contributed by atoms with Crippen LogP contribution < -0.4 is 10.8 Å². The Morgan fingerprint density at radius 2 is 1.83 bits per heavy atom. The van der Waals surface area contributed by atoms with Crippen LogP contribution >= 0.6 is 19.2 Å². The van der Waals surface area contributed by atoms with Crippen molar-refractivity contribution in [1.82, 2.24) is 4.98 Å². The number of rotatable bonds is 9. The third kappa shape index (κ3) is 4.88. The maximum Gasteiger partial charge on any atom is 0.384 e. The van der Waals surface area contributed by atoms with Gasteiger partial charge in [0.25, 0.3) is 5.69 Å². The first-order valence-electron chi connectivity index (χ1n) is 8.78. The van der Waals surface area contributed by atoms with Crippen molar-refractivity contribution in [3.8, 4) is 0 Å². The van der Waals surface area contributed by atoms with Gasteiger partial charge in [0.2, 0.25) is 17.2 Å². The van der Waals surface area contributed by atoms with Gasteiger partial charge in [0.1, 0.15) is 0 Å². The summed E-state index contributed by atoms with van der Waals surface area (Å²) in [6.45, 7) is 0.298. The molecule has 1 N–H and O–H groups in total. The summed E-state index contributed by atoms with van der Waals surface area (Å²) in [5, 5.41) is 14.4. The third-order valence-electron chi connectivity index (χ3n) is 4.29. The van der Waals surface area contributed by atoms with Crippen molar-refractivity contribution in [3.05, 3.63) is 80.7 Å². The molecule has 30 heavy (non-hydrogen) atoms. The minimum atomic E-state index is -3.70. The average molecular weight is 452 g/mol. The van der Waals surface area contributed by atoms with Gasteiger partial charge in [0.15, 0.2) is 0 Å². The Kier molecular flexibility index (Phi) is 6.89. The molecule has 0 atom stereocenters. The lowest BCUT2D eigenvalue weighted by Crippen LogP contribution is -2.15. The first-order chi connectivity index (χ1) is 14.4. The summed E-state index contributed by atoms with van der Waals surface area (Å²) in [5.41, 5.74) is 1.53. The highest BCUT2D eigenvalue weighted by Crippen LogP contribution is 2.47. The lowest BCUT2D eigenvalue weighted by Gasteiger charge is -2.12. The minimum absolute atomic E-state index is 0.0106. The summed E-state index contributed by atoms with van der Waals surface area (Å²) in [6, 6.07) is 13.3. The van der Waals surface area contributed by atoms with Gasteiger partial charge in [-0.3, -0.25) is 14.7 Å². The summed E-state index contributed by atoms with van der Waals surface area (Å²) in [5.74, 6) is 0.383. The fourth-order valence-electron chi connectivity index (χ4n) is 2.71. The summed E-state index contributed by atoms with van der Waals surface area (Å²) in [7, 11) is -1.19. The van der Waals surface area contributed by atoms with E-state index < -0.39 is 12.5 Å². The fourth-order valence-corrected chi connectivity index (χ4v) is 4.01. The van der Waals surface area contributed by atoms with Crippen molar-refractivity contribution in [2.24, 2.45) is 0 Å². The second kappa shape index (κ2) is 9.40. The molecule has 0 aliphatic heterocycles. The normalized spacial score (nSPS) is 11.4. The van der Waals surface area contributed by atoms with E-state index in [1.54, 1.807) is 18.2 Å². The van der Waals surface area contributed by atoms with Gasteiger partial charge in [-0.05, 0) is 17.2 Å². The third-order valence-corrected chi connectivity index (χ3v) is 6.45. The summed E-state index contributed by atoms with van der Waals surface area (Å²) >= 11 is 6.18. The zero-order chi connectivity index (χ0) is 21.7. The molecule has 0 radical (unpaired) electrons. The standard InChI is InChI=1S/C19H19ClN3O6P/c1-27-30(26,28-2)19-18(21-12-14-5-3-4-6-16(14)20)29-17(22-19)11-13-7-9-15(10-8-13)23(24)25/h3-10,21H,11-12H2,1-2H3. The number of benzene rings is 2. The molecule has 0 saturated heterocycles. The molecule has 0 aliphatic carbocycles. The molecule has 0 spiro atoms. The molecule has 0 amide bonds. The molecule has 2 aromatic carbocycles. The predicted octanol–water partition coefficient (Wildman–Crippen LogP) is 4.55. The summed E-state index contributed by atoms with van der Waals surface area (Å²) < 4.78 is 28.8. The van der Waals surface area contributed by atoms with Gasteiger partial charge >= 0.3 is 7.60 Å². The number of nitro groups is 1. The Hall–Kier alpha value is -2.71. The Morgan fingerprint density at radius 3 is 2.43 bits per heavy atom. The summed E-state index contributed by atoms with van der Waals surface area (Å²) in [6.07, 6.45) is 0.228. The van der Waals surface area contributed by atoms with Crippen molar-refractivity contribution in [2.45, 2.75) is 13.0 Å². The van der Waals surface area contributed by atoms with Crippen molar-refractivity contribution in [1.29, 1.82) is 0 Å². The lowest BCUT2D eigenvalue weighted by atomic mass is 10.1. The highest BCUT2D eigenvalue weighted by Gasteiger charge is 2.34. The van der Waals surface area contributed by atoms with E-state index in [1.165, 1.54) is 26.4 Å². The van der Waals surface area contributed by atoms with Crippen molar-refractivity contribution >= 4 is 36.2 Å². The quantitative estimate of drug-likeness (QED) is 0.286. The molecular formula is C19H19ClN3O6P. The van der Waals surface area contributed by atoms with Gasteiger partial charge in [-0.25, -0.2) is 4.98 Å². The molecule has 0 saturated carbocycles. The Bertz CT molecular complexity index is 1080. The number of nitro benzene ring substituents is 1. The maximum atomic E-state index is 12.9. The number of anilines is 1. The number of oxazole rings is 1. The van der Waals surface area contributed by atoms with Crippen molar-refractivity contribution in [2.75, 3.05) is 19.5 Å². The molecule has 1 heterocycles. The number of hydrogen-bond acceptors (Lipinski definition) is 8. The predicted molar refractivity (Wildman–Crippen MR) is 112 cm³/mol. The molecule has 3 aromatic rings. The number of non-ortho nitro benzene ring substituents is 1. The molecule has 0 aliphatic rings. The van der Waals surface area contributed by atoms with Crippen LogP contribution in [-0.2, 0) is 26.6 Å². The van der Waals surface area contributed by atoms with Crippen LogP contribution in [0.25, 0.3) is 0 Å². The zero-order valence-corrected chi connectivity index (χ0v) is 17.9. The van der Waals surface area contributed by atoms with E-state index in [-0.39, 0.29) is 29.3 Å². The largest absolute Gasteiger partial charge is 0.424 e.